The molecule has 7 heteroatoms. The van der Waals surface area contributed by atoms with Gasteiger partial charge in [0.25, 0.3) is 0 Å². The molecule has 0 amide bonds. The Balaban J connectivity index is 1.31. The van der Waals surface area contributed by atoms with Gasteiger partial charge in [-0.3, -0.25) is 4.90 Å². The Labute approximate surface area is 281 Å². The molecule has 7 nitrogen and oxygen atoms in total. The molecule has 1 fully saturated rings. The van der Waals surface area contributed by atoms with Crippen molar-refractivity contribution in [1.82, 2.24) is 20.1 Å². The molecule has 0 bridgehead atoms. The van der Waals surface area contributed by atoms with Gasteiger partial charge in [-0.1, -0.05) is 24.3 Å². The summed E-state index contributed by atoms with van der Waals surface area (Å²) in [5, 5.41) is 3.85. The lowest BCUT2D eigenvalue weighted by Gasteiger charge is -2.45. The highest BCUT2D eigenvalue weighted by Crippen LogP contribution is 2.26. The monoisotopic (exact) mass is 639 g/mol. The first-order valence-corrected chi connectivity index (χ1v) is 17.7. The first-order valence-electron chi connectivity index (χ1n) is 17.7. The maximum Gasteiger partial charge on any atom is 0.213 e. The standard InChI is InChI=1S/C39H66N4O3/c1-36(2,3)45-27-12-16-32-14-11-15-33(28-32)30-41-38(7,8)19-20-39(9,10)43-24-22-42(23-25-43)21-13-26-44-35-18-17-34(29-40-35)31-46-37(4,5)6/h11,14-15,17-18,28-29,41H,12-13,16,19-27,30-31H2,1-10H3. The Hall–Kier alpha value is -2.03. The summed E-state index contributed by atoms with van der Waals surface area (Å²) in [5.74, 6) is 0.689. The molecule has 1 saturated heterocycles. The number of pyridine rings is 1. The predicted molar refractivity (Wildman–Crippen MR) is 192 cm³/mol. The normalized spacial score (nSPS) is 15.8. The van der Waals surface area contributed by atoms with Gasteiger partial charge in [-0.15, -0.1) is 0 Å². The number of benzene rings is 1. The van der Waals surface area contributed by atoms with Crippen LogP contribution in [0.4, 0.5) is 0 Å². The van der Waals surface area contributed by atoms with Crippen molar-refractivity contribution < 1.29 is 14.2 Å². The second-order valence-corrected chi connectivity index (χ2v) is 16.4. The first kappa shape index (κ1) is 38.4. The minimum atomic E-state index is -0.151. The maximum absolute atomic E-state index is 5.92. The number of hydrogen-bond acceptors (Lipinski definition) is 7. The molecule has 2 aromatic rings. The van der Waals surface area contributed by atoms with E-state index in [2.05, 4.69) is 114 Å². The molecule has 0 spiro atoms. The van der Waals surface area contributed by atoms with E-state index in [0.29, 0.717) is 19.1 Å². The molecule has 1 N–H and O–H groups in total. The van der Waals surface area contributed by atoms with Crippen molar-refractivity contribution >= 4 is 0 Å². The van der Waals surface area contributed by atoms with Crippen LogP contribution in [0.3, 0.4) is 0 Å². The van der Waals surface area contributed by atoms with Gasteiger partial charge in [0.15, 0.2) is 0 Å². The summed E-state index contributed by atoms with van der Waals surface area (Å²) in [7, 11) is 0. The first-order chi connectivity index (χ1) is 21.5. The summed E-state index contributed by atoms with van der Waals surface area (Å²) in [6, 6.07) is 13.0. The van der Waals surface area contributed by atoms with Gasteiger partial charge in [-0.2, -0.15) is 0 Å². The van der Waals surface area contributed by atoms with Crippen LogP contribution in [0.1, 0.15) is 112 Å². The molecule has 3 rings (SSSR count). The van der Waals surface area contributed by atoms with E-state index in [9.17, 15) is 0 Å². The zero-order valence-corrected chi connectivity index (χ0v) is 31.0. The van der Waals surface area contributed by atoms with E-state index in [4.69, 9.17) is 14.2 Å². The van der Waals surface area contributed by atoms with Crippen LogP contribution in [-0.4, -0.2) is 83.0 Å². The lowest BCUT2D eigenvalue weighted by Crippen LogP contribution is -2.55. The lowest BCUT2D eigenvalue weighted by molar-refractivity contribution is -0.0151. The zero-order valence-electron chi connectivity index (χ0n) is 31.0. The number of piperazine rings is 1. The van der Waals surface area contributed by atoms with E-state index in [0.717, 1.165) is 77.1 Å². The summed E-state index contributed by atoms with van der Waals surface area (Å²) in [5.41, 5.74) is 3.86. The van der Waals surface area contributed by atoms with E-state index in [1.807, 2.05) is 18.3 Å². The molecule has 46 heavy (non-hydrogen) atoms. The average molecular weight is 639 g/mol. The minimum absolute atomic E-state index is 0.0637. The molecule has 1 aromatic heterocycles. The number of aryl methyl sites for hydroxylation is 1. The van der Waals surface area contributed by atoms with Crippen molar-refractivity contribution in [3.05, 3.63) is 59.3 Å². The molecule has 1 aliphatic heterocycles. The second kappa shape index (κ2) is 17.4. The van der Waals surface area contributed by atoms with Crippen LogP contribution < -0.4 is 10.1 Å². The van der Waals surface area contributed by atoms with Crippen LogP contribution in [0.2, 0.25) is 0 Å². The van der Waals surface area contributed by atoms with Gasteiger partial charge in [0.05, 0.1) is 24.4 Å². The molecular formula is C39H66N4O3. The Morgan fingerprint density at radius 3 is 2.09 bits per heavy atom. The number of nitrogens with zero attached hydrogens (tertiary/aromatic N) is 3. The van der Waals surface area contributed by atoms with E-state index < -0.39 is 0 Å². The molecule has 0 saturated carbocycles. The van der Waals surface area contributed by atoms with Gasteiger partial charge >= 0.3 is 0 Å². The summed E-state index contributed by atoms with van der Waals surface area (Å²) in [4.78, 5) is 9.72. The molecule has 0 aliphatic carbocycles. The third-order valence-electron chi connectivity index (χ3n) is 8.84. The zero-order chi connectivity index (χ0) is 33.8. The summed E-state index contributed by atoms with van der Waals surface area (Å²) >= 11 is 0. The number of hydrogen-bond donors (Lipinski definition) is 1. The van der Waals surface area contributed by atoms with E-state index >= 15 is 0 Å². The maximum atomic E-state index is 5.92. The highest BCUT2D eigenvalue weighted by Gasteiger charge is 2.31. The number of ether oxygens (including phenoxy) is 3. The predicted octanol–water partition coefficient (Wildman–Crippen LogP) is 7.66. The largest absolute Gasteiger partial charge is 0.478 e. The van der Waals surface area contributed by atoms with Gasteiger partial charge in [-0.25, -0.2) is 4.98 Å². The average Bonchev–Trinajstić information content (AvgIpc) is 2.99. The number of nitrogens with one attached hydrogen (secondary N) is 1. The topological polar surface area (TPSA) is 59.1 Å². The molecule has 0 radical (unpaired) electrons. The highest BCUT2D eigenvalue weighted by molar-refractivity contribution is 5.23. The minimum Gasteiger partial charge on any atom is -0.478 e. The quantitative estimate of drug-likeness (QED) is 0.168. The van der Waals surface area contributed by atoms with Crippen molar-refractivity contribution in [2.24, 2.45) is 0 Å². The molecule has 1 aliphatic rings. The van der Waals surface area contributed by atoms with Crippen molar-refractivity contribution in [2.45, 2.75) is 137 Å². The molecule has 2 heterocycles. The molecule has 0 unspecified atom stereocenters. The van der Waals surface area contributed by atoms with E-state index in [1.165, 1.54) is 17.5 Å². The fraction of sp³-hybridized carbons (Fsp3) is 0.718. The van der Waals surface area contributed by atoms with Crippen molar-refractivity contribution in [3.63, 3.8) is 0 Å². The SMILES string of the molecule is CC(C)(CCC(C)(C)N1CCN(CCCOc2ccc(COC(C)(C)C)cn2)CC1)NCc1cccc(CCCOC(C)(C)C)c1. The van der Waals surface area contributed by atoms with Gasteiger partial charge in [0.2, 0.25) is 5.88 Å². The number of aromatic nitrogens is 1. The Bertz CT molecular complexity index is 1140. The van der Waals surface area contributed by atoms with Crippen LogP contribution >= 0.6 is 0 Å². The highest BCUT2D eigenvalue weighted by atomic mass is 16.5. The van der Waals surface area contributed by atoms with Gasteiger partial charge in [0, 0.05) is 69.2 Å². The van der Waals surface area contributed by atoms with Crippen molar-refractivity contribution in [1.29, 1.82) is 0 Å². The molecule has 1 aromatic carbocycles. The lowest BCUT2D eigenvalue weighted by atomic mass is 9.87. The molecule has 260 valence electrons. The van der Waals surface area contributed by atoms with Crippen molar-refractivity contribution in [3.8, 4) is 5.88 Å². The fourth-order valence-electron chi connectivity index (χ4n) is 5.68. The Morgan fingerprint density at radius 2 is 1.43 bits per heavy atom. The van der Waals surface area contributed by atoms with Crippen LogP contribution in [0.15, 0.2) is 42.6 Å². The van der Waals surface area contributed by atoms with Crippen LogP contribution in [0, 0.1) is 0 Å². The van der Waals surface area contributed by atoms with Gasteiger partial charge < -0.3 is 24.4 Å². The number of rotatable bonds is 18. The van der Waals surface area contributed by atoms with E-state index in [-0.39, 0.29) is 22.3 Å². The smallest absolute Gasteiger partial charge is 0.213 e. The third kappa shape index (κ3) is 15.2. The summed E-state index contributed by atoms with van der Waals surface area (Å²) in [6.45, 7) is 30.6. The Morgan fingerprint density at radius 1 is 0.739 bits per heavy atom. The van der Waals surface area contributed by atoms with Crippen molar-refractivity contribution in [2.75, 3.05) is 45.9 Å². The third-order valence-corrected chi connectivity index (χ3v) is 8.84. The van der Waals surface area contributed by atoms with Crippen LogP contribution in [0.5, 0.6) is 5.88 Å². The summed E-state index contributed by atoms with van der Waals surface area (Å²) in [6.07, 6.45) is 7.28. The van der Waals surface area contributed by atoms with Gasteiger partial charge in [-0.05, 0) is 124 Å². The fourth-order valence-corrected chi connectivity index (χ4v) is 5.68. The van der Waals surface area contributed by atoms with E-state index in [1.54, 1.807) is 0 Å². The molecule has 0 atom stereocenters. The van der Waals surface area contributed by atoms with Crippen LogP contribution in [0.25, 0.3) is 0 Å². The summed E-state index contributed by atoms with van der Waals surface area (Å²) < 4.78 is 17.6. The Kier molecular flexibility index (Phi) is 14.5. The second-order valence-electron chi connectivity index (χ2n) is 16.4. The van der Waals surface area contributed by atoms with Gasteiger partial charge in [0.1, 0.15) is 0 Å². The molecular weight excluding hydrogens is 572 g/mol. The van der Waals surface area contributed by atoms with Crippen LogP contribution in [-0.2, 0) is 29.0 Å².